The zero-order valence-electron chi connectivity index (χ0n) is 21.5. The number of ether oxygens (including phenoxy) is 1. The van der Waals surface area contributed by atoms with Gasteiger partial charge in [0, 0.05) is 57.3 Å². The molecule has 37 heavy (non-hydrogen) atoms. The molecule has 2 aromatic carbocycles. The van der Waals surface area contributed by atoms with E-state index in [2.05, 4.69) is 39.4 Å². The van der Waals surface area contributed by atoms with E-state index in [4.69, 9.17) is 4.74 Å². The van der Waals surface area contributed by atoms with Crippen molar-refractivity contribution in [3.8, 4) is 0 Å². The van der Waals surface area contributed by atoms with Crippen LogP contribution in [0, 0.1) is 17.8 Å². The number of aryl methyl sites for hydroxylation is 1. The van der Waals surface area contributed by atoms with Crippen LogP contribution in [0.5, 0.6) is 0 Å². The number of amides is 2. The molecular weight excluding hydrogens is 464 g/mol. The Labute approximate surface area is 218 Å². The van der Waals surface area contributed by atoms with Crippen LogP contribution in [-0.2, 0) is 16.6 Å². The van der Waals surface area contributed by atoms with E-state index < -0.39 is 0 Å². The average Bonchev–Trinajstić information content (AvgIpc) is 3.71. The predicted molar refractivity (Wildman–Crippen MR) is 143 cm³/mol. The number of hydrogen-bond acceptors (Lipinski definition) is 4. The van der Waals surface area contributed by atoms with Gasteiger partial charge < -0.3 is 24.4 Å². The van der Waals surface area contributed by atoms with Gasteiger partial charge in [0.15, 0.2) is 0 Å². The summed E-state index contributed by atoms with van der Waals surface area (Å²) in [6.45, 7) is 5.79. The first-order chi connectivity index (χ1) is 18.1. The highest BCUT2D eigenvalue weighted by atomic mass is 16.5. The fourth-order valence-electron chi connectivity index (χ4n) is 6.44. The Kier molecular flexibility index (Phi) is 6.74. The lowest BCUT2D eigenvalue weighted by molar-refractivity contribution is -0.125. The largest absolute Gasteiger partial charge is 0.381 e. The first-order valence-electron chi connectivity index (χ1n) is 13.6. The molecular formula is C30H36N4O3. The number of nitrogens with zero attached hydrogens (tertiary/aromatic N) is 3. The minimum absolute atomic E-state index is 0.000657. The molecule has 0 aliphatic carbocycles. The van der Waals surface area contributed by atoms with Gasteiger partial charge in [0.05, 0.1) is 18.6 Å². The van der Waals surface area contributed by atoms with Crippen molar-refractivity contribution in [2.24, 2.45) is 24.8 Å². The molecule has 0 spiro atoms. The Hall–Kier alpha value is -3.16. The second-order valence-electron chi connectivity index (χ2n) is 11.0. The fourth-order valence-corrected chi connectivity index (χ4v) is 6.44. The van der Waals surface area contributed by atoms with E-state index in [0.717, 1.165) is 67.7 Å². The molecule has 4 atom stereocenters. The average molecular weight is 501 g/mol. The van der Waals surface area contributed by atoms with Gasteiger partial charge in [0.25, 0.3) is 5.91 Å². The normalized spacial score (nSPS) is 24.5. The number of carbonyl (C=O) groups is 2. The Morgan fingerprint density at radius 3 is 2.43 bits per heavy atom. The van der Waals surface area contributed by atoms with Crippen LogP contribution >= 0.6 is 0 Å². The Morgan fingerprint density at radius 1 is 1.00 bits per heavy atom. The monoisotopic (exact) mass is 500 g/mol. The van der Waals surface area contributed by atoms with Crippen LogP contribution in [0.25, 0.3) is 10.9 Å². The van der Waals surface area contributed by atoms with Crippen LogP contribution in [0.3, 0.4) is 0 Å². The van der Waals surface area contributed by atoms with Gasteiger partial charge in [-0.1, -0.05) is 48.5 Å². The highest BCUT2D eigenvalue weighted by Gasteiger charge is 2.42. The quantitative estimate of drug-likeness (QED) is 0.540. The number of benzene rings is 2. The molecule has 4 heterocycles. The lowest BCUT2D eigenvalue weighted by Gasteiger charge is -2.25. The summed E-state index contributed by atoms with van der Waals surface area (Å²) in [5, 5.41) is 4.42. The van der Waals surface area contributed by atoms with Crippen LogP contribution in [-0.4, -0.2) is 72.1 Å². The minimum Gasteiger partial charge on any atom is -0.381 e. The summed E-state index contributed by atoms with van der Waals surface area (Å²) < 4.78 is 7.45. The maximum Gasteiger partial charge on any atom is 0.270 e. The van der Waals surface area contributed by atoms with Crippen LogP contribution in [0.15, 0.2) is 60.7 Å². The summed E-state index contributed by atoms with van der Waals surface area (Å²) in [6.07, 6.45) is 1.68. The van der Waals surface area contributed by atoms with Gasteiger partial charge in [-0.2, -0.15) is 0 Å². The molecule has 0 radical (unpaired) electrons. The van der Waals surface area contributed by atoms with Crippen molar-refractivity contribution in [1.82, 2.24) is 19.7 Å². The molecule has 3 aliphatic rings. The first kappa shape index (κ1) is 24.2. The predicted octanol–water partition coefficient (Wildman–Crippen LogP) is 3.47. The summed E-state index contributed by atoms with van der Waals surface area (Å²) in [5.41, 5.74) is 3.02. The van der Waals surface area contributed by atoms with Gasteiger partial charge in [-0.25, -0.2) is 0 Å². The second-order valence-corrected chi connectivity index (χ2v) is 11.0. The fraction of sp³-hybridized carbons (Fsp3) is 0.467. The van der Waals surface area contributed by atoms with Gasteiger partial charge in [0.2, 0.25) is 5.91 Å². The molecule has 3 saturated heterocycles. The van der Waals surface area contributed by atoms with Crippen LogP contribution in [0.1, 0.15) is 34.9 Å². The number of fused-ring (bicyclic) bond motifs is 2. The Morgan fingerprint density at radius 2 is 1.73 bits per heavy atom. The van der Waals surface area contributed by atoms with Gasteiger partial charge in [0.1, 0.15) is 5.69 Å². The minimum atomic E-state index is -0.0392. The molecule has 2 amide bonds. The maximum absolute atomic E-state index is 13.4. The number of aromatic nitrogens is 1. The van der Waals surface area contributed by atoms with Crippen LogP contribution in [0.2, 0.25) is 0 Å². The number of likely N-dealkylation sites (tertiary alicyclic amines) is 2. The third-order valence-electron chi connectivity index (χ3n) is 8.57. The molecule has 3 unspecified atom stereocenters. The molecule has 7 nitrogen and oxygen atoms in total. The van der Waals surface area contributed by atoms with Crippen molar-refractivity contribution >= 4 is 22.7 Å². The Balaban J connectivity index is 1.05. The van der Waals surface area contributed by atoms with E-state index in [1.165, 1.54) is 0 Å². The lowest BCUT2D eigenvalue weighted by Crippen LogP contribution is -2.37. The standard InChI is InChI=1S/C30H36N4O3/c1-32-27-10-6-5-9-22(27)15-28(32)30(36)34-18-24-16-33(17-25(24)19-34)13-11-26(21-7-3-2-4-8-21)31-29(35)23-12-14-37-20-23/h2-10,15,23-26H,11-14,16-20H2,1H3,(H,31,35)/t23?,24?,25?,26-/m0/s1. The number of nitrogens with one attached hydrogen (secondary N) is 1. The maximum atomic E-state index is 13.4. The number of rotatable bonds is 7. The van der Waals surface area contributed by atoms with Gasteiger partial charge >= 0.3 is 0 Å². The second kappa shape index (κ2) is 10.3. The van der Waals surface area contributed by atoms with Gasteiger partial charge in [-0.15, -0.1) is 0 Å². The van der Waals surface area contributed by atoms with E-state index >= 15 is 0 Å². The number of hydrogen-bond donors (Lipinski definition) is 1. The molecule has 3 fully saturated rings. The molecule has 6 rings (SSSR count). The van der Waals surface area contributed by atoms with E-state index in [-0.39, 0.29) is 23.8 Å². The SMILES string of the molecule is Cn1c(C(=O)N2CC3CN(CC[C@H](NC(=O)C4CCOC4)c4ccccc4)CC3C2)cc2ccccc21. The third kappa shape index (κ3) is 4.90. The molecule has 3 aromatic rings. The van der Waals surface area contributed by atoms with Crippen molar-refractivity contribution < 1.29 is 14.3 Å². The number of carbonyl (C=O) groups excluding carboxylic acids is 2. The van der Waals surface area contributed by atoms with Crippen LogP contribution in [0.4, 0.5) is 0 Å². The van der Waals surface area contributed by atoms with Gasteiger partial charge in [-0.05, 0) is 42.4 Å². The summed E-state index contributed by atoms with van der Waals surface area (Å²) in [7, 11) is 1.98. The highest BCUT2D eigenvalue weighted by molar-refractivity contribution is 5.98. The molecule has 1 aromatic heterocycles. The summed E-state index contributed by atoms with van der Waals surface area (Å²) in [5.74, 6) is 1.23. The first-order valence-corrected chi connectivity index (χ1v) is 13.6. The lowest BCUT2D eigenvalue weighted by atomic mass is 10.0. The molecule has 1 N–H and O–H groups in total. The third-order valence-corrected chi connectivity index (χ3v) is 8.57. The van der Waals surface area contributed by atoms with E-state index in [0.29, 0.717) is 25.0 Å². The molecule has 3 aliphatic heterocycles. The Bertz CT molecular complexity index is 1250. The van der Waals surface area contributed by atoms with Crippen LogP contribution < -0.4 is 5.32 Å². The zero-order valence-corrected chi connectivity index (χ0v) is 21.5. The topological polar surface area (TPSA) is 66.8 Å². The molecule has 0 bridgehead atoms. The number of para-hydroxylation sites is 1. The summed E-state index contributed by atoms with van der Waals surface area (Å²) in [4.78, 5) is 30.8. The van der Waals surface area contributed by atoms with Crippen molar-refractivity contribution in [1.29, 1.82) is 0 Å². The smallest absolute Gasteiger partial charge is 0.270 e. The molecule has 194 valence electrons. The van der Waals surface area contributed by atoms with Gasteiger partial charge in [-0.3, -0.25) is 9.59 Å². The molecule has 7 heteroatoms. The van der Waals surface area contributed by atoms with Crippen molar-refractivity contribution in [2.45, 2.75) is 18.9 Å². The van der Waals surface area contributed by atoms with E-state index in [1.807, 2.05) is 48.0 Å². The zero-order chi connectivity index (χ0) is 25.4. The van der Waals surface area contributed by atoms with E-state index in [1.54, 1.807) is 0 Å². The van der Waals surface area contributed by atoms with Crippen molar-refractivity contribution in [3.05, 3.63) is 71.9 Å². The highest BCUT2D eigenvalue weighted by Crippen LogP contribution is 2.33. The van der Waals surface area contributed by atoms with Crippen molar-refractivity contribution in [3.63, 3.8) is 0 Å². The van der Waals surface area contributed by atoms with Crippen molar-refractivity contribution in [2.75, 3.05) is 45.9 Å². The summed E-state index contributed by atoms with van der Waals surface area (Å²) in [6, 6.07) is 20.5. The summed E-state index contributed by atoms with van der Waals surface area (Å²) >= 11 is 0. The molecule has 0 saturated carbocycles. The van der Waals surface area contributed by atoms with E-state index in [9.17, 15) is 9.59 Å².